The Bertz CT molecular complexity index is 294. The Kier molecular flexibility index (Phi) is 6.03. The van der Waals surface area contributed by atoms with Gasteiger partial charge < -0.3 is 10.2 Å². The molecule has 0 amide bonds. The fraction of sp³-hybridized carbons (Fsp3) is 0.692. The number of rotatable bonds is 7. The summed E-state index contributed by atoms with van der Waals surface area (Å²) in [5.41, 5.74) is 1.41. The molecule has 0 aliphatic rings. The zero-order valence-electron chi connectivity index (χ0n) is 10.9. The van der Waals surface area contributed by atoms with Gasteiger partial charge in [0.05, 0.1) is 0 Å². The Balaban J connectivity index is 2.10. The van der Waals surface area contributed by atoms with Crippen LogP contribution in [0.2, 0.25) is 0 Å². The normalized spacial score (nSPS) is 11.6. The maximum Gasteiger partial charge on any atom is 0.0302 e. The second-order valence-electron chi connectivity index (χ2n) is 4.86. The van der Waals surface area contributed by atoms with Crippen LogP contribution in [0.3, 0.4) is 0 Å². The summed E-state index contributed by atoms with van der Waals surface area (Å²) >= 11 is 1.84. The van der Waals surface area contributed by atoms with Crippen LogP contribution >= 0.6 is 11.3 Å². The second-order valence-corrected chi connectivity index (χ2v) is 5.86. The summed E-state index contributed by atoms with van der Waals surface area (Å²) in [5.74, 6) is 0.754. The van der Waals surface area contributed by atoms with Gasteiger partial charge in [0.15, 0.2) is 0 Å². The van der Waals surface area contributed by atoms with Gasteiger partial charge in [-0.1, -0.05) is 13.8 Å². The molecular formula is C13H24N2S. The molecule has 1 N–H and O–H groups in total. The van der Waals surface area contributed by atoms with Crippen LogP contribution in [0.5, 0.6) is 0 Å². The van der Waals surface area contributed by atoms with Gasteiger partial charge in [0.1, 0.15) is 0 Å². The topological polar surface area (TPSA) is 15.3 Å². The lowest BCUT2D eigenvalue weighted by molar-refractivity contribution is 0.294. The van der Waals surface area contributed by atoms with E-state index in [2.05, 4.69) is 49.5 Å². The van der Waals surface area contributed by atoms with Gasteiger partial charge >= 0.3 is 0 Å². The summed E-state index contributed by atoms with van der Waals surface area (Å²) in [7, 11) is 2.19. The van der Waals surface area contributed by atoms with Crippen molar-refractivity contribution in [2.24, 2.45) is 5.92 Å². The van der Waals surface area contributed by atoms with Crippen molar-refractivity contribution in [1.29, 1.82) is 0 Å². The van der Waals surface area contributed by atoms with E-state index in [1.807, 2.05) is 11.3 Å². The highest BCUT2D eigenvalue weighted by molar-refractivity contribution is 7.10. The van der Waals surface area contributed by atoms with Gasteiger partial charge in [0, 0.05) is 31.1 Å². The Morgan fingerprint density at radius 2 is 2.19 bits per heavy atom. The van der Waals surface area contributed by atoms with E-state index in [1.165, 1.54) is 17.0 Å². The molecule has 16 heavy (non-hydrogen) atoms. The van der Waals surface area contributed by atoms with Gasteiger partial charge in [-0.05, 0) is 36.9 Å². The van der Waals surface area contributed by atoms with Crippen molar-refractivity contribution in [2.45, 2.75) is 27.3 Å². The minimum atomic E-state index is 0.754. The van der Waals surface area contributed by atoms with Crippen LogP contribution in [-0.4, -0.2) is 31.6 Å². The maximum absolute atomic E-state index is 3.50. The molecular weight excluding hydrogens is 216 g/mol. The lowest BCUT2D eigenvalue weighted by atomic mass is 10.2. The number of hydrogen-bond acceptors (Lipinski definition) is 3. The molecule has 0 aliphatic heterocycles. The number of nitrogens with zero attached hydrogens (tertiary/aromatic N) is 1. The van der Waals surface area contributed by atoms with Gasteiger partial charge in [0.2, 0.25) is 0 Å². The molecule has 1 heterocycles. The Morgan fingerprint density at radius 3 is 2.75 bits per heavy atom. The summed E-state index contributed by atoms with van der Waals surface area (Å²) in [6.45, 7) is 11.1. The first-order chi connectivity index (χ1) is 7.59. The monoisotopic (exact) mass is 240 g/mol. The van der Waals surface area contributed by atoms with Crippen LogP contribution in [0, 0.1) is 12.8 Å². The Hall–Kier alpha value is -0.380. The van der Waals surface area contributed by atoms with Crippen LogP contribution in [0.15, 0.2) is 11.4 Å². The first kappa shape index (κ1) is 13.7. The molecule has 0 aliphatic carbocycles. The molecule has 0 saturated heterocycles. The van der Waals surface area contributed by atoms with Gasteiger partial charge in [-0.25, -0.2) is 0 Å². The molecule has 0 spiro atoms. The standard InChI is InChI=1S/C13H24N2S/c1-11(2)10-15(4)7-6-14-9-13-12(3)5-8-16-13/h5,8,11,14H,6-7,9-10H2,1-4H3. The van der Waals surface area contributed by atoms with E-state index in [-0.39, 0.29) is 0 Å². The van der Waals surface area contributed by atoms with Gasteiger partial charge in [-0.15, -0.1) is 11.3 Å². The Labute approximate surface area is 104 Å². The third-order valence-electron chi connectivity index (χ3n) is 2.60. The lowest BCUT2D eigenvalue weighted by Crippen LogP contribution is -2.31. The first-order valence-corrected chi connectivity index (χ1v) is 6.89. The zero-order chi connectivity index (χ0) is 12.0. The molecule has 0 fully saturated rings. The third-order valence-corrected chi connectivity index (χ3v) is 3.62. The molecule has 0 atom stereocenters. The average molecular weight is 240 g/mol. The summed E-state index contributed by atoms with van der Waals surface area (Å²) < 4.78 is 0. The van der Waals surface area contributed by atoms with E-state index in [9.17, 15) is 0 Å². The number of thiophene rings is 1. The second kappa shape index (κ2) is 7.05. The largest absolute Gasteiger partial charge is 0.311 e. The SMILES string of the molecule is Cc1ccsc1CNCCN(C)CC(C)C. The quantitative estimate of drug-likeness (QED) is 0.737. The number of nitrogens with one attached hydrogen (secondary N) is 1. The minimum Gasteiger partial charge on any atom is -0.311 e. The van der Waals surface area contributed by atoms with Crippen molar-refractivity contribution < 1.29 is 0 Å². The van der Waals surface area contributed by atoms with Gasteiger partial charge in [-0.2, -0.15) is 0 Å². The summed E-state index contributed by atoms with van der Waals surface area (Å²) in [6, 6.07) is 2.19. The van der Waals surface area contributed by atoms with Gasteiger partial charge in [0.25, 0.3) is 0 Å². The fourth-order valence-electron chi connectivity index (χ4n) is 1.77. The molecule has 0 saturated carbocycles. The predicted octanol–water partition coefficient (Wildman–Crippen LogP) is 2.73. The van der Waals surface area contributed by atoms with E-state index in [0.717, 1.165) is 25.6 Å². The molecule has 2 nitrogen and oxygen atoms in total. The van der Waals surface area contributed by atoms with E-state index in [1.54, 1.807) is 0 Å². The highest BCUT2D eigenvalue weighted by atomic mass is 32.1. The van der Waals surface area contributed by atoms with Crippen LogP contribution in [0.1, 0.15) is 24.3 Å². The highest BCUT2D eigenvalue weighted by Gasteiger charge is 2.02. The van der Waals surface area contributed by atoms with E-state index in [0.29, 0.717) is 0 Å². The first-order valence-electron chi connectivity index (χ1n) is 6.02. The molecule has 92 valence electrons. The predicted molar refractivity (Wildman–Crippen MR) is 73.1 cm³/mol. The molecule has 1 rings (SSSR count). The molecule has 3 heteroatoms. The molecule has 1 aromatic rings. The van der Waals surface area contributed by atoms with Crippen LogP contribution in [-0.2, 0) is 6.54 Å². The number of likely N-dealkylation sites (N-methyl/N-ethyl adjacent to an activating group) is 1. The fourth-order valence-corrected chi connectivity index (χ4v) is 2.65. The van der Waals surface area contributed by atoms with Crippen molar-refractivity contribution in [3.05, 3.63) is 21.9 Å². The third kappa shape index (κ3) is 5.10. The van der Waals surface area contributed by atoms with Crippen molar-refractivity contribution in [2.75, 3.05) is 26.7 Å². The van der Waals surface area contributed by atoms with Crippen LogP contribution < -0.4 is 5.32 Å². The average Bonchev–Trinajstić information content (AvgIpc) is 2.58. The molecule has 0 radical (unpaired) electrons. The highest BCUT2D eigenvalue weighted by Crippen LogP contribution is 2.14. The van der Waals surface area contributed by atoms with E-state index < -0.39 is 0 Å². The number of aryl methyl sites for hydroxylation is 1. The smallest absolute Gasteiger partial charge is 0.0302 e. The van der Waals surface area contributed by atoms with Crippen molar-refractivity contribution in [3.8, 4) is 0 Å². The van der Waals surface area contributed by atoms with Crippen molar-refractivity contribution >= 4 is 11.3 Å². The van der Waals surface area contributed by atoms with E-state index >= 15 is 0 Å². The zero-order valence-corrected chi connectivity index (χ0v) is 11.7. The van der Waals surface area contributed by atoms with Crippen LogP contribution in [0.4, 0.5) is 0 Å². The summed E-state index contributed by atoms with van der Waals surface area (Å²) in [5, 5.41) is 5.67. The molecule has 0 aromatic carbocycles. The summed E-state index contributed by atoms with van der Waals surface area (Å²) in [4.78, 5) is 3.85. The van der Waals surface area contributed by atoms with Gasteiger partial charge in [-0.3, -0.25) is 0 Å². The summed E-state index contributed by atoms with van der Waals surface area (Å²) in [6.07, 6.45) is 0. The van der Waals surface area contributed by atoms with E-state index in [4.69, 9.17) is 0 Å². The number of hydrogen-bond donors (Lipinski definition) is 1. The van der Waals surface area contributed by atoms with Crippen molar-refractivity contribution in [3.63, 3.8) is 0 Å². The van der Waals surface area contributed by atoms with Crippen LogP contribution in [0.25, 0.3) is 0 Å². The molecule has 1 aromatic heterocycles. The minimum absolute atomic E-state index is 0.754. The maximum atomic E-state index is 3.50. The molecule has 0 bridgehead atoms. The molecule has 0 unspecified atom stereocenters. The Morgan fingerprint density at radius 1 is 1.44 bits per heavy atom. The lowest BCUT2D eigenvalue weighted by Gasteiger charge is -2.18. The van der Waals surface area contributed by atoms with Crippen molar-refractivity contribution in [1.82, 2.24) is 10.2 Å².